The largest absolute Gasteiger partial charge is 0.396 e. The number of piperidine rings is 1. The van der Waals surface area contributed by atoms with Gasteiger partial charge in [-0.3, -0.25) is 0 Å². The molecule has 0 aromatic heterocycles. The van der Waals surface area contributed by atoms with Crippen LogP contribution in [-0.2, 0) is 0 Å². The highest BCUT2D eigenvalue weighted by Gasteiger charge is 2.25. The van der Waals surface area contributed by atoms with Gasteiger partial charge in [0, 0.05) is 18.7 Å². The van der Waals surface area contributed by atoms with Crippen molar-refractivity contribution in [3.63, 3.8) is 0 Å². The molecule has 0 spiro atoms. The van der Waals surface area contributed by atoms with E-state index in [2.05, 4.69) is 36.5 Å². The lowest BCUT2D eigenvalue weighted by Gasteiger charge is -2.34. The summed E-state index contributed by atoms with van der Waals surface area (Å²) < 4.78 is 0. The smallest absolute Gasteiger partial charge is 0.0460 e. The average molecular weight is 205 g/mol. The fourth-order valence-electron chi connectivity index (χ4n) is 2.48. The van der Waals surface area contributed by atoms with Crippen LogP contribution >= 0.6 is 0 Å². The summed E-state index contributed by atoms with van der Waals surface area (Å²) in [5.74, 6) is 0.450. The van der Waals surface area contributed by atoms with Gasteiger partial charge in [-0.15, -0.1) is 0 Å². The van der Waals surface area contributed by atoms with Gasteiger partial charge in [-0.05, 0) is 31.2 Å². The van der Waals surface area contributed by atoms with Gasteiger partial charge >= 0.3 is 0 Å². The minimum absolute atomic E-state index is 0.315. The van der Waals surface area contributed by atoms with E-state index in [1.165, 1.54) is 5.56 Å². The Morgan fingerprint density at radius 2 is 2.00 bits per heavy atom. The SMILES string of the molecule is C[C@@H]1C[C@@H](CO)C[C@@H](c2ccccc2)N1. The summed E-state index contributed by atoms with van der Waals surface area (Å²) >= 11 is 0. The van der Waals surface area contributed by atoms with E-state index in [9.17, 15) is 5.11 Å². The minimum atomic E-state index is 0.315. The zero-order valence-corrected chi connectivity index (χ0v) is 9.19. The van der Waals surface area contributed by atoms with Gasteiger partial charge in [-0.1, -0.05) is 30.3 Å². The molecule has 82 valence electrons. The zero-order valence-electron chi connectivity index (χ0n) is 9.19. The highest BCUT2D eigenvalue weighted by Crippen LogP contribution is 2.29. The molecule has 2 heteroatoms. The average Bonchev–Trinajstić information content (AvgIpc) is 2.29. The number of rotatable bonds is 2. The van der Waals surface area contributed by atoms with Crippen molar-refractivity contribution in [1.29, 1.82) is 0 Å². The second kappa shape index (κ2) is 4.77. The Hall–Kier alpha value is -0.860. The molecule has 0 unspecified atom stereocenters. The Morgan fingerprint density at radius 3 is 2.67 bits per heavy atom. The summed E-state index contributed by atoms with van der Waals surface area (Å²) in [6.07, 6.45) is 2.13. The molecule has 1 aliphatic rings. The van der Waals surface area contributed by atoms with Gasteiger partial charge in [0.2, 0.25) is 0 Å². The summed E-state index contributed by atoms with van der Waals surface area (Å²) in [4.78, 5) is 0. The van der Waals surface area contributed by atoms with E-state index in [0.717, 1.165) is 12.8 Å². The van der Waals surface area contributed by atoms with Crippen molar-refractivity contribution in [2.24, 2.45) is 5.92 Å². The third kappa shape index (κ3) is 2.58. The van der Waals surface area contributed by atoms with Crippen LogP contribution in [0, 0.1) is 5.92 Å². The van der Waals surface area contributed by atoms with Crippen LogP contribution in [0.15, 0.2) is 30.3 Å². The zero-order chi connectivity index (χ0) is 10.7. The summed E-state index contributed by atoms with van der Waals surface area (Å²) in [6.45, 7) is 2.51. The lowest BCUT2D eigenvalue weighted by molar-refractivity contribution is 0.156. The van der Waals surface area contributed by atoms with Crippen LogP contribution in [0.25, 0.3) is 0 Å². The molecule has 2 nitrogen and oxygen atoms in total. The van der Waals surface area contributed by atoms with Gasteiger partial charge < -0.3 is 10.4 Å². The lowest BCUT2D eigenvalue weighted by Crippen LogP contribution is -2.39. The molecule has 1 heterocycles. The fourth-order valence-corrected chi connectivity index (χ4v) is 2.48. The van der Waals surface area contributed by atoms with Crippen LogP contribution in [0.1, 0.15) is 31.4 Å². The third-order valence-electron chi connectivity index (χ3n) is 3.20. The van der Waals surface area contributed by atoms with Crippen molar-refractivity contribution in [2.45, 2.75) is 31.8 Å². The first kappa shape index (κ1) is 10.7. The van der Waals surface area contributed by atoms with Gasteiger partial charge in [0.1, 0.15) is 0 Å². The van der Waals surface area contributed by atoms with Crippen molar-refractivity contribution < 1.29 is 5.11 Å². The van der Waals surface area contributed by atoms with Crippen molar-refractivity contribution in [3.05, 3.63) is 35.9 Å². The van der Waals surface area contributed by atoms with Crippen molar-refractivity contribution >= 4 is 0 Å². The molecular formula is C13H19NO. The molecule has 3 atom stereocenters. The van der Waals surface area contributed by atoms with Crippen LogP contribution in [0.4, 0.5) is 0 Å². The van der Waals surface area contributed by atoms with Gasteiger partial charge in [0.25, 0.3) is 0 Å². The minimum Gasteiger partial charge on any atom is -0.396 e. The number of aliphatic hydroxyl groups excluding tert-OH is 1. The summed E-state index contributed by atoms with van der Waals surface area (Å²) in [5.41, 5.74) is 1.34. The Balaban J connectivity index is 2.09. The molecule has 0 bridgehead atoms. The number of hydrogen-bond donors (Lipinski definition) is 2. The first-order valence-electron chi connectivity index (χ1n) is 5.71. The quantitative estimate of drug-likeness (QED) is 0.775. The molecule has 0 saturated carbocycles. The Morgan fingerprint density at radius 1 is 1.27 bits per heavy atom. The third-order valence-corrected chi connectivity index (χ3v) is 3.20. The normalized spacial score (nSPS) is 31.5. The maximum atomic E-state index is 9.25. The van der Waals surface area contributed by atoms with Crippen molar-refractivity contribution in [3.8, 4) is 0 Å². The predicted octanol–water partition coefficient (Wildman–Crippen LogP) is 2.11. The van der Waals surface area contributed by atoms with Crippen LogP contribution in [0.5, 0.6) is 0 Å². The molecular weight excluding hydrogens is 186 g/mol. The molecule has 0 amide bonds. The molecule has 1 aromatic rings. The Kier molecular flexibility index (Phi) is 3.39. The van der Waals surface area contributed by atoms with Gasteiger partial charge in [-0.2, -0.15) is 0 Å². The van der Waals surface area contributed by atoms with E-state index in [1.807, 2.05) is 6.07 Å². The van der Waals surface area contributed by atoms with E-state index in [0.29, 0.717) is 24.6 Å². The second-order valence-electron chi connectivity index (χ2n) is 4.55. The van der Waals surface area contributed by atoms with Gasteiger partial charge in [0.15, 0.2) is 0 Å². The summed E-state index contributed by atoms with van der Waals surface area (Å²) in [5, 5.41) is 12.8. The van der Waals surface area contributed by atoms with E-state index in [4.69, 9.17) is 0 Å². The number of nitrogens with one attached hydrogen (secondary N) is 1. The predicted molar refractivity (Wildman–Crippen MR) is 61.6 cm³/mol. The molecule has 0 aliphatic carbocycles. The Labute approximate surface area is 91.3 Å². The molecule has 2 N–H and O–H groups in total. The second-order valence-corrected chi connectivity index (χ2v) is 4.55. The molecule has 15 heavy (non-hydrogen) atoms. The van der Waals surface area contributed by atoms with Crippen LogP contribution < -0.4 is 5.32 Å². The van der Waals surface area contributed by atoms with Crippen LogP contribution in [-0.4, -0.2) is 17.8 Å². The lowest BCUT2D eigenvalue weighted by atomic mass is 9.86. The molecule has 1 fully saturated rings. The monoisotopic (exact) mass is 205 g/mol. The van der Waals surface area contributed by atoms with E-state index < -0.39 is 0 Å². The van der Waals surface area contributed by atoms with Gasteiger partial charge in [0.05, 0.1) is 0 Å². The van der Waals surface area contributed by atoms with Crippen molar-refractivity contribution in [1.82, 2.24) is 5.32 Å². The van der Waals surface area contributed by atoms with E-state index >= 15 is 0 Å². The maximum Gasteiger partial charge on any atom is 0.0460 e. The molecule has 0 radical (unpaired) electrons. The van der Waals surface area contributed by atoms with Gasteiger partial charge in [-0.25, -0.2) is 0 Å². The molecule has 1 saturated heterocycles. The summed E-state index contributed by atoms with van der Waals surface area (Å²) in [7, 11) is 0. The van der Waals surface area contributed by atoms with E-state index in [-0.39, 0.29) is 0 Å². The van der Waals surface area contributed by atoms with E-state index in [1.54, 1.807) is 0 Å². The highest BCUT2D eigenvalue weighted by atomic mass is 16.3. The topological polar surface area (TPSA) is 32.3 Å². The Bertz CT molecular complexity index is 299. The standard InChI is InChI=1S/C13H19NO/c1-10-7-11(9-15)8-13(14-10)12-5-3-2-4-6-12/h2-6,10-11,13-15H,7-9H2,1H3/t10-,11-,13+/m1/s1. The van der Waals surface area contributed by atoms with Crippen LogP contribution in [0.2, 0.25) is 0 Å². The van der Waals surface area contributed by atoms with Crippen LogP contribution in [0.3, 0.4) is 0 Å². The number of benzene rings is 1. The van der Waals surface area contributed by atoms with Crippen molar-refractivity contribution in [2.75, 3.05) is 6.61 Å². The highest BCUT2D eigenvalue weighted by molar-refractivity contribution is 5.19. The number of hydrogen-bond acceptors (Lipinski definition) is 2. The summed E-state index contributed by atoms with van der Waals surface area (Å²) in [6, 6.07) is 11.4. The molecule has 1 aromatic carbocycles. The molecule has 1 aliphatic heterocycles. The fraction of sp³-hybridized carbons (Fsp3) is 0.538. The maximum absolute atomic E-state index is 9.25. The number of aliphatic hydroxyl groups is 1. The first-order chi connectivity index (χ1) is 7.29. The molecule has 2 rings (SSSR count). The first-order valence-corrected chi connectivity index (χ1v) is 5.71.